The lowest BCUT2D eigenvalue weighted by Gasteiger charge is -2.09. The van der Waals surface area contributed by atoms with Crippen molar-refractivity contribution in [3.8, 4) is 0 Å². The molecule has 0 aliphatic heterocycles. The minimum absolute atomic E-state index is 0.118. The van der Waals surface area contributed by atoms with Gasteiger partial charge in [0.05, 0.1) is 11.0 Å². The molecule has 0 spiro atoms. The number of hydrogen-bond acceptors (Lipinski definition) is 4. The second-order valence-electron chi connectivity index (χ2n) is 3.99. The lowest BCUT2D eigenvalue weighted by atomic mass is 10.4. The molecule has 1 heterocycles. The first-order valence-electron chi connectivity index (χ1n) is 5.64. The van der Waals surface area contributed by atoms with Gasteiger partial charge >= 0.3 is 0 Å². The van der Waals surface area contributed by atoms with Gasteiger partial charge in [0.2, 0.25) is 10.0 Å². The molecule has 1 rings (SSSR count). The van der Waals surface area contributed by atoms with Crippen LogP contribution < -0.4 is 4.72 Å². The van der Waals surface area contributed by atoms with Gasteiger partial charge in [-0.15, -0.1) is 0 Å². The van der Waals surface area contributed by atoms with Crippen molar-refractivity contribution >= 4 is 21.6 Å². The van der Waals surface area contributed by atoms with Crippen molar-refractivity contribution in [2.75, 3.05) is 13.2 Å². The number of rotatable bonds is 7. The predicted octanol–water partition coefficient (Wildman–Crippen LogP) is 1.83. The van der Waals surface area contributed by atoms with Crippen molar-refractivity contribution in [2.24, 2.45) is 0 Å². The van der Waals surface area contributed by atoms with Gasteiger partial charge in [-0.2, -0.15) is 0 Å². The van der Waals surface area contributed by atoms with Crippen LogP contribution in [0.3, 0.4) is 0 Å². The average Bonchev–Trinajstić information content (AvgIpc) is 2.28. The summed E-state index contributed by atoms with van der Waals surface area (Å²) in [4.78, 5) is 3.85. The molecule has 0 fully saturated rings. The Morgan fingerprint density at radius 2 is 2.22 bits per heavy atom. The van der Waals surface area contributed by atoms with Crippen LogP contribution in [0.4, 0.5) is 0 Å². The van der Waals surface area contributed by atoms with Crippen LogP contribution in [-0.4, -0.2) is 32.7 Å². The van der Waals surface area contributed by atoms with E-state index in [1.807, 2.05) is 13.8 Å². The van der Waals surface area contributed by atoms with Gasteiger partial charge in [-0.3, -0.25) is 0 Å². The Morgan fingerprint density at radius 3 is 2.83 bits per heavy atom. The van der Waals surface area contributed by atoms with E-state index in [2.05, 4.69) is 9.71 Å². The fourth-order valence-corrected chi connectivity index (χ4v) is 2.56. The van der Waals surface area contributed by atoms with E-state index in [0.717, 1.165) is 0 Å². The Bertz CT molecular complexity index is 477. The van der Waals surface area contributed by atoms with Gasteiger partial charge in [-0.25, -0.2) is 18.1 Å². The predicted molar refractivity (Wildman–Crippen MR) is 70.1 cm³/mol. The first-order chi connectivity index (χ1) is 8.42. The maximum absolute atomic E-state index is 11.8. The fraction of sp³-hybridized carbons (Fsp3) is 0.545. The second-order valence-corrected chi connectivity index (χ2v) is 6.14. The zero-order valence-corrected chi connectivity index (χ0v) is 12.0. The number of ether oxygens (including phenoxy) is 1. The number of hydrogen-bond donors (Lipinski definition) is 1. The van der Waals surface area contributed by atoms with Gasteiger partial charge in [0.15, 0.2) is 0 Å². The monoisotopic (exact) mass is 292 g/mol. The lowest BCUT2D eigenvalue weighted by Crippen LogP contribution is -2.25. The quantitative estimate of drug-likeness (QED) is 0.615. The third-order valence-corrected chi connectivity index (χ3v) is 3.74. The molecular weight excluding hydrogens is 276 g/mol. The summed E-state index contributed by atoms with van der Waals surface area (Å²) in [6.45, 7) is 4.72. The summed E-state index contributed by atoms with van der Waals surface area (Å²) in [5, 5.41) is 0.154. The summed E-state index contributed by atoms with van der Waals surface area (Å²) in [6.07, 6.45) is 2.13. The molecule has 0 saturated heterocycles. The Kier molecular flexibility index (Phi) is 6.01. The van der Waals surface area contributed by atoms with Crippen molar-refractivity contribution < 1.29 is 13.2 Å². The Balaban J connectivity index is 2.46. The molecule has 18 heavy (non-hydrogen) atoms. The smallest absolute Gasteiger partial charge is 0.240 e. The highest BCUT2D eigenvalue weighted by Gasteiger charge is 2.13. The molecule has 0 atom stereocenters. The van der Waals surface area contributed by atoms with Crippen LogP contribution >= 0.6 is 11.6 Å². The summed E-state index contributed by atoms with van der Waals surface area (Å²) >= 11 is 5.65. The van der Waals surface area contributed by atoms with Crippen LogP contribution in [0.25, 0.3) is 0 Å². The third kappa shape index (κ3) is 5.30. The molecule has 0 radical (unpaired) electrons. The molecule has 0 unspecified atom stereocenters. The van der Waals surface area contributed by atoms with Gasteiger partial charge < -0.3 is 4.74 Å². The molecule has 102 valence electrons. The number of sulfonamides is 1. The molecule has 1 N–H and O–H groups in total. The first-order valence-corrected chi connectivity index (χ1v) is 7.51. The standard InChI is InChI=1S/C11H17ClN2O3S/c1-9(2)17-7-3-5-14-18(15,16)10-4-6-13-11(12)8-10/h4,6,8-9,14H,3,5,7H2,1-2H3. The van der Waals surface area contributed by atoms with Crippen molar-refractivity contribution in [1.82, 2.24) is 9.71 Å². The maximum Gasteiger partial charge on any atom is 0.240 e. The second kappa shape index (κ2) is 7.04. The normalized spacial score (nSPS) is 12.0. The number of aromatic nitrogens is 1. The van der Waals surface area contributed by atoms with E-state index in [9.17, 15) is 8.42 Å². The lowest BCUT2D eigenvalue weighted by molar-refractivity contribution is 0.0778. The van der Waals surface area contributed by atoms with Crippen molar-refractivity contribution in [1.29, 1.82) is 0 Å². The molecule has 1 aromatic heterocycles. The summed E-state index contributed by atoms with van der Waals surface area (Å²) < 4.78 is 31.5. The number of nitrogens with zero attached hydrogens (tertiary/aromatic N) is 1. The minimum atomic E-state index is -3.51. The van der Waals surface area contributed by atoms with Crippen molar-refractivity contribution in [3.63, 3.8) is 0 Å². The average molecular weight is 293 g/mol. The van der Waals surface area contributed by atoms with E-state index in [1.165, 1.54) is 18.3 Å². The highest BCUT2D eigenvalue weighted by molar-refractivity contribution is 7.89. The van der Waals surface area contributed by atoms with Crippen LogP contribution in [0, 0.1) is 0 Å². The SMILES string of the molecule is CC(C)OCCCNS(=O)(=O)c1ccnc(Cl)c1. The Morgan fingerprint density at radius 1 is 1.50 bits per heavy atom. The maximum atomic E-state index is 11.8. The summed E-state index contributed by atoms with van der Waals surface area (Å²) in [5.41, 5.74) is 0. The van der Waals surface area contributed by atoms with Gasteiger partial charge in [0.1, 0.15) is 5.15 Å². The molecule has 0 aromatic carbocycles. The molecule has 0 aliphatic rings. The van der Waals surface area contributed by atoms with Crippen LogP contribution in [-0.2, 0) is 14.8 Å². The largest absolute Gasteiger partial charge is 0.379 e. The molecular formula is C11H17ClN2O3S. The zero-order valence-electron chi connectivity index (χ0n) is 10.4. The van der Waals surface area contributed by atoms with Crippen LogP contribution in [0.1, 0.15) is 20.3 Å². The van der Waals surface area contributed by atoms with Crippen LogP contribution in [0.5, 0.6) is 0 Å². The molecule has 5 nitrogen and oxygen atoms in total. The molecule has 1 aromatic rings. The number of nitrogens with one attached hydrogen (secondary N) is 1. The third-order valence-electron chi connectivity index (χ3n) is 2.07. The molecule has 0 aliphatic carbocycles. The van der Waals surface area contributed by atoms with Crippen molar-refractivity contribution in [3.05, 3.63) is 23.5 Å². The van der Waals surface area contributed by atoms with E-state index in [4.69, 9.17) is 16.3 Å². The topological polar surface area (TPSA) is 68.3 Å². The van der Waals surface area contributed by atoms with Gasteiger partial charge in [0.25, 0.3) is 0 Å². The van der Waals surface area contributed by atoms with Crippen LogP contribution in [0.15, 0.2) is 23.2 Å². The van der Waals surface area contributed by atoms with Crippen molar-refractivity contribution in [2.45, 2.75) is 31.3 Å². The zero-order chi connectivity index (χ0) is 13.6. The molecule has 0 bridgehead atoms. The highest BCUT2D eigenvalue weighted by atomic mass is 35.5. The van der Waals surface area contributed by atoms with Gasteiger partial charge in [-0.1, -0.05) is 11.6 Å². The highest BCUT2D eigenvalue weighted by Crippen LogP contribution is 2.12. The van der Waals surface area contributed by atoms with Gasteiger partial charge in [0, 0.05) is 19.3 Å². The van der Waals surface area contributed by atoms with Gasteiger partial charge in [-0.05, 0) is 32.4 Å². The minimum Gasteiger partial charge on any atom is -0.379 e. The van der Waals surface area contributed by atoms with E-state index >= 15 is 0 Å². The number of halogens is 1. The molecule has 7 heteroatoms. The van der Waals surface area contributed by atoms with E-state index < -0.39 is 10.0 Å². The van der Waals surface area contributed by atoms with E-state index in [1.54, 1.807) is 0 Å². The van der Waals surface area contributed by atoms with Crippen LogP contribution in [0.2, 0.25) is 5.15 Å². The summed E-state index contributed by atoms with van der Waals surface area (Å²) in [7, 11) is -3.51. The fourth-order valence-electron chi connectivity index (χ4n) is 1.23. The summed E-state index contributed by atoms with van der Waals surface area (Å²) in [5.74, 6) is 0. The molecule has 0 amide bonds. The molecule has 0 saturated carbocycles. The van der Waals surface area contributed by atoms with E-state index in [-0.39, 0.29) is 16.2 Å². The Labute approximate surface area is 113 Å². The van der Waals surface area contributed by atoms with E-state index in [0.29, 0.717) is 19.6 Å². The first kappa shape index (κ1) is 15.4. The summed E-state index contributed by atoms with van der Waals surface area (Å²) in [6, 6.07) is 2.72. The number of pyridine rings is 1. The Hall–Kier alpha value is -0.690.